The van der Waals surface area contributed by atoms with Crippen molar-refractivity contribution in [1.82, 2.24) is 0 Å². The number of rotatable bonds is 3. The average molecular weight is 276 g/mol. The van der Waals surface area contributed by atoms with Crippen LogP contribution in [-0.4, -0.2) is 20.6 Å². The van der Waals surface area contributed by atoms with Crippen molar-refractivity contribution in [2.24, 2.45) is 4.40 Å². The van der Waals surface area contributed by atoms with Crippen molar-refractivity contribution in [2.45, 2.75) is 4.90 Å². The Hall–Kier alpha value is -2.41. The summed E-state index contributed by atoms with van der Waals surface area (Å²) in [6.07, 6.45) is 5.58. The molecule has 0 N–H and O–H groups in total. The first-order valence-corrected chi connectivity index (χ1v) is 6.32. The van der Waals surface area contributed by atoms with Crippen molar-refractivity contribution in [3.63, 3.8) is 0 Å². The van der Waals surface area contributed by atoms with Gasteiger partial charge in [0.05, 0.1) is 15.5 Å². The summed E-state index contributed by atoms with van der Waals surface area (Å²) in [5.74, 6) is -0.153. The molecule has 1 aromatic carbocycles. The second kappa shape index (κ2) is 5.49. The van der Waals surface area contributed by atoms with Gasteiger partial charge in [0.15, 0.2) is 16.8 Å². The van der Waals surface area contributed by atoms with Crippen molar-refractivity contribution in [2.75, 3.05) is 0 Å². The molecular weight excluding hydrogens is 268 g/mol. The van der Waals surface area contributed by atoms with E-state index in [-0.39, 0.29) is 11.5 Å². The summed E-state index contributed by atoms with van der Waals surface area (Å²) in [6, 6.07) is 5.31. The van der Waals surface area contributed by atoms with E-state index < -0.39 is 15.9 Å². The van der Waals surface area contributed by atoms with Gasteiger partial charge in [-0.05, 0) is 36.4 Å². The quantitative estimate of drug-likeness (QED) is 0.478. The number of carbonyl (C=O) groups excluding carboxylic acids is 1. The van der Waals surface area contributed by atoms with E-state index in [1.165, 1.54) is 48.6 Å². The third-order valence-electron chi connectivity index (χ3n) is 2.27. The van der Waals surface area contributed by atoms with Gasteiger partial charge < -0.3 is 0 Å². The SMILES string of the molecule is O=C1C=CC(=NS(=O)c2ccc([N+](=O)[O-])cc2)C=C1. The molecule has 1 aliphatic rings. The van der Waals surface area contributed by atoms with Crippen LogP contribution in [0, 0.1) is 10.1 Å². The second-order valence-electron chi connectivity index (χ2n) is 3.59. The number of hydrogen-bond donors (Lipinski definition) is 0. The smallest absolute Gasteiger partial charge is 0.269 e. The minimum atomic E-state index is -1.66. The molecule has 0 spiro atoms. The molecule has 0 fully saturated rings. The number of benzene rings is 1. The molecular formula is C12H8N2O4S. The molecule has 0 saturated heterocycles. The number of nitro benzene ring substituents is 1. The molecule has 6 nitrogen and oxygen atoms in total. The van der Waals surface area contributed by atoms with Gasteiger partial charge >= 0.3 is 0 Å². The van der Waals surface area contributed by atoms with E-state index in [2.05, 4.69) is 4.40 Å². The zero-order chi connectivity index (χ0) is 13.8. The van der Waals surface area contributed by atoms with Crippen molar-refractivity contribution in [3.8, 4) is 0 Å². The van der Waals surface area contributed by atoms with Gasteiger partial charge in [-0.25, -0.2) is 4.21 Å². The molecule has 0 aliphatic heterocycles. The molecule has 0 radical (unpaired) electrons. The van der Waals surface area contributed by atoms with Crippen LogP contribution in [0.15, 0.2) is 57.9 Å². The van der Waals surface area contributed by atoms with Gasteiger partial charge in [-0.3, -0.25) is 14.9 Å². The van der Waals surface area contributed by atoms with Gasteiger partial charge in [-0.1, -0.05) is 0 Å². The first-order chi connectivity index (χ1) is 9.06. The highest BCUT2D eigenvalue weighted by Gasteiger charge is 2.08. The van der Waals surface area contributed by atoms with Gasteiger partial charge in [0, 0.05) is 12.1 Å². The fraction of sp³-hybridized carbons (Fsp3) is 0. The minimum absolute atomic E-state index is 0.0727. The highest BCUT2D eigenvalue weighted by Crippen LogP contribution is 2.15. The van der Waals surface area contributed by atoms with Crippen molar-refractivity contribution < 1.29 is 13.9 Å². The molecule has 7 heteroatoms. The molecule has 0 heterocycles. The number of nitrogens with zero attached hydrogens (tertiary/aromatic N) is 2. The summed E-state index contributed by atoms with van der Waals surface area (Å²) in [5, 5.41) is 10.5. The largest absolute Gasteiger partial charge is 0.290 e. The summed E-state index contributed by atoms with van der Waals surface area (Å²) in [5.41, 5.74) is 0.341. The number of carbonyl (C=O) groups is 1. The fourth-order valence-corrected chi connectivity index (χ4v) is 2.13. The number of hydrogen-bond acceptors (Lipinski definition) is 4. The molecule has 0 aromatic heterocycles. The molecule has 19 heavy (non-hydrogen) atoms. The van der Waals surface area contributed by atoms with Crippen molar-refractivity contribution >= 4 is 28.2 Å². The molecule has 1 atom stereocenters. The summed E-state index contributed by atoms with van der Waals surface area (Å²) in [4.78, 5) is 21.2. The van der Waals surface area contributed by atoms with E-state index in [0.29, 0.717) is 10.6 Å². The summed E-state index contributed by atoms with van der Waals surface area (Å²) in [6.45, 7) is 0. The zero-order valence-electron chi connectivity index (χ0n) is 9.55. The monoisotopic (exact) mass is 276 g/mol. The van der Waals surface area contributed by atoms with Crippen LogP contribution in [0.2, 0.25) is 0 Å². The van der Waals surface area contributed by atoms with Gasteiger partial charge in [-0.2, -0.15) is 4.40 Å². The number of non-ortho nitro benzene ring substituents is 1. The van der Waals surface area contributed by atoms with Gasteiger partial charge in [0.1, 0.15) is 0 Å². The molecule has 0 saturated carbocycles. The third kappa shape index (κ3) is 3.29. The maximum Gasteiger partial charge on any atom is 0.269 e. The topological polar surface area (TPSA) is 89.6 Å². The molecule has 1 aromatic rings. The molecule has 0 bridgehead atoms. The van der Waals surface area contributed by atoms with Crippen LogP contribution in [0.3, 0.4) is 0 Å². The van der Waals surface area contributed by atoms with E-state index in [1.54, 1.807) is 0 Å². The normalized spacial score (nSPS) is 15.4. The summed E-state index contributed by atoms with van der Waals surface area (Å²) >= 11 is 0. The van der Waals surface area contributed by atoms with E-state index in [4.69, 9.17) is 0 Å². The maximum absolute atomic E-state index is 11.9. The van der Waals surface area contributed by atoms with E-state index in [1.807, 2.05) is 0 Å². The van der Waals surface area contributed by atoms with Crippen LogP contribution in [0.4, 0.5) is 5.69 Å². The standard InChI is InChI=1S/C12H8N2O4S/c15-11-5-1-9(2-6-11)13-19(18)12-7-3-10(4-8-12)14(16)17/h1-8H. The maximum atomic E-state index is 11.9. The zero-order valence-corrected chi connectivity index (χ0v) is 10.4. The Labute approximate surface area is 110 Å². The van der Waals surface area contributed by atoms with Crippen LogP contribution in [-0.2, 0) is 15.8 Å². The number of ketones is 1. The average Bonchev–Trinajstić information content (AvgIpc) is 2.41. The Morgan fingerprint density at radius 3 is 2.16 bits per heavy atom. The third-order valence-corrected chi connectivity index (χ3v) is 3.33. The molecule has 0 amide bonds. The van der Waals surface area contributed by atoms with Crippen LogP contribution in [0.1, 0.15) is 0 Å². The van der Waals surface area contributed by atoms with Gasteiger partial charge in [0.25, 0.3) is 5.69 Å². The Morgan fingerprint density at radius 1 is 1.05 bits per heavy atom. The van der Waals surface area contributed by atoms with Gasteiger partial charge in [0.2, 0.25) is 0 Å². The first-order valence-electron chi connectivity index (χ1n) is 5.21. The summed E-state index contributed by atoms with van der Waals surface area (Å²) in [7, 11) is -1.66. The van der Waals surface area contributed by atoms with E-state index >= 15 is 0 Å². The lowest BCUT2D eigenvalue weighted by Gasteiger charge is -1.99. The predicted octanol–water partition coefficient (Wildman–Crippen LogP) is 1.75. The Morgan fingerprint density at radius 2 is 1.63 bits per heavy atom. The molecule has 1 aliphatic carbocycles. The highest BCUT2D eigenvalue weighted by atomic mass is 32.2. The van der Waals surface area contributed by atoms with Crippen molar-refractivity contribution in [3.05, 3.63) is 58.7 Å². The lowest BCUT2D eigenvalue weighted by Crippen LogP contribution is -2.01. The number of allylic oxidation sites excluding steroid dienone is 4. The summed E-state index contributed by atoms with van der Waals surface area (Å²) < 4.78 is 15.8. The molecule has 2 rings (SSSR count). The highest BCUT2D eigenvalue weighted by molar-refractivity contribution is 7.84. The van der Waals surface area contributed by atoms with Crippen LogP contribution in [0.25, 0.3) is 0 Å². The van der Waals surface area contributed by atoms with E-state index in [9.17, 15) is 19.1 Å². The van der Waals surface area contributed by atoms with Crippen LogP contribution >= 0.6 is 0 Å². The lowest BCUT2D eigenvalue weighted by atomic mass is 10.2. The Balaban J connectivity index is 2.19. The lowest BCUT2D eigenvalue weighted by molar-refractivity contribution is -0.384. The number of nitro groups is 1. The van der Waals surface area contributed by atoms with E-state index in [0.717, 1.165) is 0 Å². The molecule has 96 valence electrons. The van der Waals surface area contributed by atoms with Crippen LogP contribution < -0.4 is 0 Å². The second-order valence-corrected chi connectivity index (χ2v) is 4.74. The predicted molar refractivity (Wildman–Crippen MR) is 70.2 cm³/mol. The first kappa shape index (κ1) is 13.0. The van der Waals surface area contributed by atoms with Crippen LogP contribution in [0.5, 0.6) is 0 Å². The Kier molecular flexibility index (Phi) is 3.76. The fourth-order valence-electron chi connectivity index (χ4n) is 1.34. The minimum Gasteiger partial charge on any atom is -0.290 e. The van der Waals surface area contributed by atoms with Crippen molar-refractivity contribution in [1.29, 1.82) is 0 Å². The molecule has 1 unspecified atom stereocenters. The Bertz CT molecular complexity index is 626. The van der Waals surface area contributed by atoms with Gasteiger partial charge in [-0.15, -0.1) is 0 Å².